The minimum atomic E-state index is -0.559. The number of ether oxygens (including phenoxy) is 1. The summed E-state index contributed by atoms with van der Waals surface area (Å²) in [7, 11) is 2.86. The van der Waals surface area contributed by atoms with E-state index in [1.807, 2.05) is 0 Å². The fraction of sp³-hybridized carbons (Fsp3) is 0.167. The molecule has 0 unspecified atom stereocenters. The van der Waals surface area contributed by atoms with Crippen molar-refractivity contribution in [3.63, 3.8) is 0 Å². The molecule has 0 amide bonds. The molecule has 0 aliphatic rings. The van der Waals surface area contributed by atoms with Crippen LogP contribution in [0.1, 0.15) is 10.5 Å². The monoisotopic (exact) mass is 249 g/mol. The van der Waals surface area contributed by atoms with Crippen LogP contribution in [-0.2, 0) is 11.8 Å². The lowest BCUT2D eigenvalue weighted by atomic mass is 10.1. The number of nitrogen functional groups attached to an aromatic ring is 1. The highest BCUT2D eigenvalue weighted by atomic mass is 19.1. The molecule has 0 radical (unpaired) electrons. The Hall–Kier alpha value is -2.37. The Bertz CT molecular complexity index is 590. The van der Waals surface area contributed by atoms with Crippen molar-refractivity contribution >= 4 is 11.7 Å². The number of methoxy groups -OCH3 is 1. The van der Waals surface area contributed by atoms with Gasteiger partial charge in [-0.25, -0.2) is 9.18 Å². The third-order valence-corrected chi connectivity index (χ3v) is 2.58. The molecule has 2 rings (SSSR count). The van der Waals surface area contributed by atoms with Crippen LogP contribution >= 0.6 is 0 Å². The van der Waals surface area contributed by atoms with E-state index in [9.17, 15) is 9.18 Å². The number of hydrogen-bond acceptors (Lipinski definition) is 4. The molecule has 1 aromatic carbocycles. The van der Waals surface area contributed by atoms with Crippen molar-refractivity contribution in [2.24, 2.45) is 7.05 Å². The van der Waals surface area contributed by atoms with Crippen LogP contribution in [0.15, 0.2) is 24.3 Å². The summed E-state index contributed by atoms with van der Waals surface area (Å²) in [6.07, 6.45) is 0. The van der Waals surface area contributed by atoms with Gasteiger partial charge in [0, 0.05) is 12.6 Å². The van der Waals surface area contributed by atoms with Gasteiger partial charge >= 0.3 is 5.97 Å². The fourth-order valence-electron chi connectivity index (χ4n) is 1.70. The number of carbonyl (C=O) groups excluding carboxylic acids is 1. The standard InChI is InChI=1S/C12H12FN3O2/c1-16-11(12(17)18-2)9(14)10(15-16)7-3-5-8(13)6-4-7/h3-6H,14H2,1-2H3. The third-order valence-electron chi connectivity index (χ3n) is 2.58. The molecule has 1 aromatic heterocycles. The number of halogens is 1. The predicted octanol–water partition coefficient (Wildman–Crippen LogP) is 1.59. The summed E-state index contributed by atoms with van der Waals surface area (Å²) in [6, 6.07) is 5.71. The van der Waals surface area contributed by atoms with Crippen LogP contribution in [-0.4, -0.2) is 22.9 Å². The molecule has 6 heteroatoms. The van der Waals surface area contributed by atoms with Gasteiger partial charge < -0.3 is 10.5 Å². The second-order valence-electron chi connectivity index (χ2n) is 3.73. The number of hydrogen-bond donors (Lipinski definition) is 1. The first-order valence-corrected chi connectivity index (χ1v) is 5.21. The topological polar surface area (TPSA) is 70.1 Å². The van der Waals surface area contributed by atoms with Crippen LogP contribution in [0.4, 0.5) is 10.1 Å². The molecule has 18 heavy (non-hydrogen) atoms. The minimum Gasteiger partial charge on any atom is -0.464 e. The molecule has 0 aliphatic heterocycles. The van der Waals surface area contributed by atoms with Crippen LogP contribution < -0.4 is 5.73 Å². The van der Waals surface area contributed by atoms with Gasteiger partial charge in [-0.1, -0.05) is 0 Å². The summed E-state index contributed by atoms with van der Waals surface area (Å²) < 4.78 is 18.8. The Morgan fingerprint density at radius 3 is 2.56 bits per heavy atom. The first kappa shape index (κ1) is 12.1. The maximum atomic E-state index is 12.8. The quantitative estimate of drug-likeness (QED) is 0.820. The summed E-state index contributed by atoms with van der Waals surface area (Å²) in [5.74, 6) is -0.905. The van der Waals surface area contributed by atoms with Crippen molar-refractivity contribution in [3.8, 4) is 11.3 Å². The van der Waals surface area contributed by atoms with Crippen LogP contribution in [0.5, 0.6) is 0 Å². The summed E-state index contributed by atoms with van der Waals surface area (Å²) in [5.41, 5.74) is 7.34. The van der Waals surface area contributed by atoms with Crippen molar-refractivity contribution in [1.82, 2.24) is 9.78 Å². The molecule has 1 heterocycles. The van der Waals surface area contributed by atoms with Crippen molar-refractivity contribution in [3.05, 3.63) is 35.8 Å². The van der Waals surface area contributed by atoms with Gasteiger partial charge in [0.1, 0.15) is 11.5 Å². The number of aromatic nitrogens is 2. The van der Waals surface area contributed by atoms with Crippen molar-refractivity contribution in [2.75, 3.05) is 12.8 Å². The van der Waals surface area contributed by atoms with Gasteiger partial charge in [0.05, 0.1) is 12.8 Å². The first-order chi connectivity index (χ1) is 8.54. The van der Waals surface area contributed by atoms with E-state index in [0.29, 0.717) is 11.3 Å². The summed E-state index contributed by atoms with van der Waals surface area (Å²) in [5, 5.41) is 4.15. The maximum absolute atomic E-state index is 12.8. The average Bonchev–Trinajstić information content (AvgIpc) is 2.65. The molecule has 0 spiro atoms. The van der Waals surface area contributed by atoms with Crippen molar-refractivity contribution in [2.45, 2.75) is 0 Å². The van der Waals surface area contributed by atoms with E-state index >= 15 is 0 Å². The molecule has 0 bridgehead atoms. The van der Waals surface area contributed by atoms with E-state index in [0.717, 1.165) is 0 Å². The second-order valence-corrected chi connectivity index (χ2v) is 3.73. The van der Waals surface area contributed by atoms with Gasteiger partial charge in [0.25, 0.3) is 0 Å². The lowest BCUT2D eigenvalue weighted by Crippen LogP contribution is -2.10. The van der Waals surface area contributed by atoms with Gasteiger partial charge in [-0.2, -0.15) is 5.10 Å². The van der Waals surface area contributed by atoms with Crippen LogP contribution in [0, 0.1) is 5.82 Å². The third kappa shape index (κ3) is 1.92. The number of carbonyl (C=O) groups is 1. The lowest BCUT2D eigenvalue weighted by molar-refractivity contribution is 0.0589. The molecule has 0 saturated carbocycles. The van der Waals surface area contributed by atoms with Crippen molar-refractivity contribution in [1.29, 1.82) is 0 Å². The first-order valence-electron chi connectivity index (χ1n) is 5.21. The number of anilines is 1. The molecule has 2 N–H and O–H groups in total. The molecule has 5 nitrogen and oxygen atoms in total. The zero-order valence-electron chi connectivity index (χ0n) is 9.98. The van der Waals surface area contributed by atoms with E-state index in [1.54, 1.807) is 19.2 Å². The van der Waals surface area contributed by atoms with E-state index < -0.39 is 5.97 Å². The Labute approximate surface area is 103 Å². The predicted molar refractivity (Wildman–Crippen MR) is 64.4 cm³/mol. The molecule has 2 aromatic rings. The Morgan fingerprint density at radius 1 is 1.39 bits per heavy atom. The van der Waals surface area contributed by atoms with Crippen LogP contribution in [0.25, 0.3) is 11.3 Å². The normalized spacial score (nSPS) is 10.4. The van der Waals surface area contributed by atoms with Gasteiger partial charge in [0.2, 0.25) is 0 Å². The molecular weight excluding hydrogens is 237 g/mol. The summed E-state index contributed by atoms with van der Waals surface area (Å²) >= 11 is 0. The highest BCUT2D eigenvalue weighted by Crippen LogP contribution is 2.27. The van der Waals surface area contributed by atoms with Gasteiger partial charge in [0.15, 0.2) is 5.69 Å². The largest absolute Gasteiger partial charge is 0.464 e. The van der Waals surface area contributed by atoms with Gasteiger partial charge in [-0.05, 0) is 24.3 Å². The van der Waals surface area contributed by atoms with Crippen LogP contribution in [0.2, 0.25) is 0 Å². The smallest absolute Gasteiger partial charge is 0.358 e. The Morgan fingerprint density at radius 2 is 2.00 bits per heavy atom. The highest BCUT2D eigenvalue weighted by Gasteiger charge is 2.21. The summed E-state index contributed by atoms with van der Waals surface area (Å²) in [4.78, 5) is 11.5. The maximum Gasteiger partial charge on any atom is 0.358 e. The number of esters is 1. The molecule has 0 saturated heterocycles. The molecule has 0 aliphatic carbocycles. The van der Waals surface area contributed by atoms with Gasteiger partial charge in [-0.3, -0.25) is 4.68 Å². The van der Waals surface area contributed by atoms with Crippen molar-refractivity contribution < 1.29 is 13.9 Å². The lowest BCUT2D eigenvalue weighted by Gasteiger charge is -2.00. The molecule has 94 valence electrons. The zero-order valence-corrected chi connectivity index (χ0v) is 9.98. The Balaban J connectivity index is 2.53. The van der Waals surface area contributed by atoms with E-state index in [1.165, 1.54) is 23.9 Å². The number of benzene rings is 1. The minimum absolute atomic E-state index is 0.178. The average molecular weight is 249 g/mol. The Kier molecular flexibility index (Phi) is 3.01. The number of rotatable bonds is 2. The number of nitrogens with zero attached hydrogens (tertiary/aromatic N) is 2. The highest BCUT2D eigenvalue weighted by molar-refractivity contribution is 5.97. The molecule has 0 fully saturated rings. The number of aryl methyl sites for hydroxylation is 1. The molecular formula is C12H12FN3O2. The van der Waals surface area contributed by atoms with Gasteiger partial charge in [-0.15, -0.1) is 0 Å². The summed E-state index contributed by atoms with van der Waals surface area (Å²) in [6.45, 7) is 0. The molecule has 0 atom stereocenters. The fourth-order valence-corrected chi connectivity index (χ4v) is 1.70. The van der Waals surface area contributed by atoms with Crippen LogP contribution in [0.3, 0.4) is 0 Å². The van der Waals surface area contributed by atoms with E-state index in [4.69, 9.17) is 5.73 Å². The zero-order chi connectivity index (χ0) is 13.3. The van der Waals surface area contributed by atoms with E-state index in [2.05, 4.69) is 9.84 Å². The SMILES string of the molecule is COC(=O)c1c(N)c(-c2ccc(F)cc2)nn1C. The number of nitrogens with two attached hydrogens (primary N) is 1. The van der Waals surface area contributed by atoms with E-state index in [-0.39, 0.29) is 17.2 Å². The second kappa shape index (κ2) is 4.48.